The monoisotopic (exact) mass is 453 g/mol. The Morgan fingerprint density at radius 2 is 1.66 bits per heavy atom. The molecule has 1 aliphatic heterocycles. The quantitative estimate of drug-likeness (QED) is 0.495. The van der Waals surface area contributed by atoms with E-state index in [-0.39, 0.29) is 18.5 Å². The summed E-state index contributed by atoms with van der Waals surface area (Å²) in [5, 5.41) is 6.87. The van der Waals surface area contributed by atoms with Crippen LogP contribution in [0.1, 0.15) is 37.2 Å². The van der Waals surface area contributed by atoms with E-state index >= 15 is 0 Å². The standard InChI is InChI=1S/C25H28ClN3O3/c26-19-8-12-20(13-9-19)27-14-15-29-16-22(23(30)25(29)32)24(31)28-21-10-6-18(7-11-21)17-4-2-1-3-5-17/h1-5,8-9,12-13,18,21-22,27H,6-7,10-11,14-16H2,(H,28,31). The van der Waals surface area contributed by atoms with Crippen molar-refractivity contribution in [1.82, 2.24) is 10.2 Å². The molecule has 2 N–H and O–H groups in total. The predicted octanol–water partition coefficient (Wildman–Crippen LogP) is 3.62. The van der Waals surface area contributed by atoms with Crippen molar-refractivity contribution in [2.24, 2.45) is 5.92 Å². The second kappa shape index (κ2) is 10.2. The third-order valence-corrected chi connectivity index (χ3v) is 6.69. The maximum absolute atomic E-state index is 12.8. The molecule has 2 aromatic rings. The Kier molecular flexibility index (Phi) is 7.10. The molecule has 1 unspecified atom stereocenters. The largest absolute Gasteiger partial charge is 0.383 e. The van der Waals surface area contributed by atoms with Crippen molar-refractivity contribution in [3.05, 3.63) is 65.2 Å². The maximum atomic E-state index is 12.8. The van der Waals surface area contributed by atoms with Gasteiger partial charge in [-0.2, -0.15) is 0 Å². The number of nitrogens with zero attached hydrogens (tertiary/aromatic N) is 1. The van der Waals surface area contributed by atoms with Crippen molar-refractivity contribution in [3.63, 3.8) is 0 Å². The number of carbonyl (C=O) groups is 3. The van der Waals surface area contributed by atoms with Crippen LogP contribution in [0.25, 0.3) is 0 Å². The van der Waals surface area contributed by atoms with Gasteiger partial charge in [0.2, 0.25) is 11.7 Å². The smallest absolute Gasteiger partial charge is 0.290 e. The van der Waals surface area contributed by atoms with Gasteiger partial charge in [-0.05, 0) is 61.4 Å². The molecule has 4 rings (SSSR count). The molecule has 168 valence electrons. The SMILES string of the molecule is O=C(NC1CCC(c2ccccc2)CC1)C1CN(CCNc2ccc(Cl)cc2)C(=O)C1=O. The third-order valence-electron chi connectivity index (χ3n) is 6.43. The molecular weight excluding hydrogens is 426 g/mol. The second-order valence-corrected chi connectivity index (χ2v) is 9.01. The van der Waals surface area contributed by atoms with E-state index in [2.05, 4.69) is 34.9 Å². The summed E-state index contributed by atoms with van der Waals surface area (Å²) < 4.78 is 0. The fraction of sp³-hybridized carbons (Fsp3) is 0.400. The fourth-order valence-electron chi connectivity index (χ4n) is 4.59. The van der Waals surface area contributed by atoms with Gasteiger partial charge in [0.05, 0.1) is 0 Å². The van der Waals surface area contributed by atoms with Gasteiger partial charge < -0.3 is 15.5 Å². The van der Waals surface area contributed by atoms with Gasteiger partial charge in [-0.15, -0.1) is 0 Å². The van der Waals surface area contributed by atoms with Gasteiger partial charge >= 0.3 is 0 Å². The average Bonchev–Trinajstić information content (AvgIpc) is 3.10. The van der Waals surface area contributed by atoms with Crippen LogP contribution < -0.4 is 10.6 Å². The van der Waals surface area contributed by atoms with Crippen LogP contribution in [-0.2, 0) is 14.4 Å². The van der Waals surface area contributed by atoms with Gasteiger partial charge in [-0.3, -0.25) is 14.4 Å². The van der Waals surface area contributed by atoms with Crippen LogP contribution in [0, 0.1) is 5.92 Å². The Hall–Kier alpha value is -2.86. The fourth-order valence-corrected chi connectivity index (χ4v) is 4.71. The highest BCUT2D eigenvalue weighted by Crippen LogP contribution is 2.33. The molecule has 1 saturated carbocycles. The lowest BCUT2D eigenvalue weighted by Crippen LogP contribution is -2.43. The van der Waals surface area contributed by atoms with E-state index < -0.39 is 17.6 Å². The number of benzene rings is 2. The first-order valence-corrected chi connectivity index (χ1v) is 11.6. The number of Topliss-reactive ketones (excluding diaryl/α,β-unsaturated/α-hetero) is 1. The van der Waals surface area contributed by atoms with Crippen LogP contribution >= 0.6 is 11.6 Å². The third kappa shape index (κ3) is 5.30. The molecule has 0 bridgehead atoms. The Labute approximate surface area is 193 Å². The van der Waals surface area contributed by atoms with E-state index in [4.69, 9.17) is 11.6 Å². The molecule has 1 saturated heterocycles. The predicted molar refractivity (Wildman–Crippen MR) is 125 cm³/mol. The van der Waals surface area contributed by atoms with E-state index in [0.29, 0.717) is 24.0 Å². The van der Waals surface area contributed by atoms with Crippen molar-refractivity contribution >= 4 is 34.9 Å². The van der Waals surface area contributed by atoms with Crippen molar-refractivity contribution in [2.45, 2.75) is 37.6 Å². The zero-order valence-electron chi connectivity index (χ0n) is 17.9. The van der Waals surface area contributed by atoms with E-state index in [1.54, 1.807) is 12.1 Å². The van der Waals surface area contributed by atoms with E-state index in [9.17, 15) is 14.4 Å². The van der Waals surface area contributed by atoms with Crippen molar-refractivity contribution < 1.29 is 14.4 Å². The summed E-state index contributed by atoms with van der Waals surface area (Å²) in [6, 6.07) is 17.8. The molecule has 1 heterocycles. The van der Waals surface area contributed by atoms with Gasteiger partial charge in [0.15, 0.2) is 0 Å². The maximum Gasteiger partial charge on any atom is 0.290 e. The number of carbonyl (C=O) groups excluding carboxylic acids is 3. The Morgan fingerprint density at radius 1 is 0.969 bits per heavy atom. The molecule has 2 aliphatic rings. The lowest BCUT2D eigenvalue weighted by Gasteiger charge is -2.30. The topological polar surface area (TPSA) is 78.5 Å². The van der Waals surface area contributed by atoms with Crippen molar-refractivity contribution in [3.8, 4) is 0 Å². The number of rotatable bonds is 7. The summed E-state index contributed by atoms with van der Waals surface area (Å²) >= 11 is 5.88. The normalized spacial score (nSPS) is 23.3. The minimum Gasteiger partial charge on any atom is -0.383 e. The molecule has 0 radical (unpaired) electrons. The molecule has 2 fully saturated rings. The Balaban J connectivity index is 1.24. The zero-order valence-corrected chi connectivity index (χ0v) is 18.7. The molecule has 6 nitrogen and oxygen atoms in total. The summed E-state index contributed by atoms with van der Waals surface area (Å²) in [6.45, 7) is 0.989. The minimum atomic E-state index is -0.912. The van der Waals surface area contributed by atoms with Gasteiger partial charge in [0, 0.05) is 36.4 Å². The molecular formula is C25H28ClN3O3. The molecule has 1 aliphatic carbocycles. The van der Waals surface area contributed by atoms with E-state index in [1.807, 2.05) is 18.2 Å². The van der Waals surface area contributed by atoms with Gasteiger partial charge in [-0.25, -0.2) is 0 Å². The zero-order chi connectivity index (χ0) is 22.5. The molecule has 0 spiro atoms. The molecule has 0 aromatic heterocycles. The molecule has 1 atom stereocenters. The number of nitrogens with one attached hydrogen (secondary N) is 2. The second-order valence-electron chi connectivity index (χ2n) is 8.57. The first-order chi connectivity index (χ1) is 15.5. The van der Waals surface area contributed by atoms with Crippen LogP contribution in [0.5, 0.6) is 0 Å². The van der Waals surface area contributed by atoms with Crippen molar-refractivity contribution in [1.29, 1.82) is 0 Å². The van der Waals surface area contributed by atoms with E-state index in [0.717, 1.165) is 31.4 Å². The number of hydrogen-bond acceptors (Lipinski definition) is 4. The van der Waals surface area contributed by atoms with Crippen LogP contribution in [0.2, 0.25) is 5.02 Å². The highest BCUT2D eigenvalue weighted by atomic mass is 35.5. The summed E-state index contributed by atoms with van der Waals surface area (Å²) in [7, 11) is 0. The molecule has 2 amide bonds. The van der Waals surface area contributed by atoms with Gasteiger partial charge in [0.25, 0.3) is 5.91 Å². The van der Waals surface area contributed by atoms with Crippen LogP contribution in [0.3, 0.4) is 0 Å². The highest BCUT2D eigenvalue weighted by molar-refractivity contribution is 6.42. The van der Waals surface area contributed by atoms with Gasteiger partial charge in [0.1, 0.15) is 5.92 Å². The summed E-state index contributed by atoms with van der Waals surface area (Å²) in [5.74, 6) is -1.89. The molecule has 7 heteroatoms. The van der Waals surface area contributed by atoms with E-state index in [1.165, 1.54) is 10.5 Å². The number of ketones is 1. The molecule has 2 aromatic carbocycles. The Morgan fingerprint density at radius 3 is 2.34 bits per heavy atom. The van der Waals surface area contributed by atoms with Gasteiger partial charge in [-0.1, -0.05) is 41.9 Å². The summed E-state index contributed by atoms with van der Waals surface area (Å²) in [6.07, 6.45) is 3.79. The Bertz CT molecular complexity index is 956. The number of amides is 2. The van der Waals surface area contributed by atoms with Crippen LogP contribution in [-0.4, -0.2) is 48.2 Å². The highest BCUT2D eigenvalue weighted by Gasteiger charge is 2.43. The lowest BCUT2D eigenvalue weighted by atomic mass is 9.81. The number of halogens is 1. The van der Waals surface area contributed by atoms with Crippen LogP contribution in [0.4, 0.5) is 5.69 Å². The number of hydrogen-bond donors (Lipinski definition) is 2. The van der Waals surface area contributed by atoms with Crippen molar-refractivity contribution in [2.75, 3.05) is 25.0 Å². The summed E-state index contributed by atoms with van der Waals surface area (Å²) in [4.78, 5) is 39.0. The first kappa shape index (κ1) is 22.3. The number of likely N-dealkylation sites (tertiary alicyclic amines) is 1. The minimum absolute atomic E-state index is 0.0611. The summed E-state index contributed by atoms with van der Waals surface area (Å²) in [5.41, 5.74) is 2.23. The molecule has 32 heavy (non-hydrogen) atoms. The first-order valence-electron chi connectivity index (χ1n) is 11.2. The lowest BCUT2D eigenvalue weighted by molar-refractivity contribution is -0.142. The van der Waals surface area contributed by atoms with Crippen LogP contribution in [0.15, 0.2) is 54.6 Å². The average molecular weight is 454 g/mol. The number of anilines is 1.